The van der Waals surface area contributed by atoms with Crippen molar-refractivity contribution in [3.05, 3.63) is 23.2 Å². The lowest BCUT2D eigenvalue weighted by molar-refractivity contribution is 0.394. The molecule has 1 heterocycles. The minimum Gasteiger partial charge on any atom is -0.464 e. The van der Waals surface area contributed by atoms with E-state index in [0.717, 1.165) is 5.76 Å². The molecule has 0 saturated carbocycles. The average Bonchev–Trinajstić information content (AvgIpc) is 2.29. The Bertz CT molecular complexity index is 323. The van der Waals surface area contributed by atoms with Crippen molar-refractivity contribution in [2.75, 3.05) is 0 Å². The summed E-state index contributed by atoms with van der Waals surface area (Å²) in [7, 11) is 0. The molecule has 0 unspecified atom stereocenters. The second-order valence-corrected chi connectivity index (χ2v) is 3.85. The van der Waals surface area contributed by atoms with Gasteiger partial charge in [0.25, 0.3) is 0 Å². The molecule has 0 atom stereocenters. The van der Waals surface area contributed by atoms with Gasteiger partial charge in [-0.15, -0.1) is 0 Å². The Morgan fingerprint density at radius 1 is 1.42 bits per heavy atom. The Kier molecular flexibility index (Phi) is 1.97. The van der Waals surface area contributed by atoms with Gasteiger partial charge in [0.2, 0.25) is 0 Å². The molecule has 1 aromatic rings. The van der Waals surface area contributed by atoms with Crippen LogP contribution in [0.2, 0.25) is 0 Å². The maximum absolute atomic E-state index is 8.75. The van der Waals surface area contributed by atoms with Crippen LogP contribution >= 0.6 is 0 Å². The second kappa shape index (κ2) is 2.67. The monoisotopic (exact) mass is 162 g/mol. The number of aryl methyl sites for hydroxylation is 1. The third kappa shape index (κ3) is 1.50. The Morgan fingerprint density at radius 2 is 2.00 bits per heavy atom. The van der Waals surface area contributed by atoms with Crippen LogP contribution in [0.25, 0.3) is 0 Å². The van der Waals surface area contributed by atoms with Crippen LogP contribution in [-0.2, 0) is 5.41 Å². The Morgan fingerprint density at radius 3 is 2.33 bits per heavy atom. The van der Waals surface area contributed by atoms with Gasteiger partial charge in [0.15, 0.2) is 0 Å². The lowest BCUT2D eigenvalue weighted by Gasteiger charge is -2.14. The minimum atomic E-state index is -0.115. The zero-order valence-electron chi connectivity index (χ0n) is 7.86. The van der Waals surface area contributed by atoms with E-state index in [-0.39, 0.29) is 5.41 Å². The van der Waals surface area contributed by atoms with Gasteiger partial charge >= 0.3 is 0 Å². The predicted molar refractivity (Wildman–Crippen MR) is 45.7 cm³/mol. The van der Waals surface area contributed by atoms with E-state index in [1.165, 1.54) is 0 Å². The summed E-state index contributed by atoms with van der Waals surface area (Å²) in [5, 5.41) is 8.75. The molecule has 0 fully saturated rings. The number of hydrogen-bond donors (Lipinski definition) is 0. The Hall–Kier alpha value is -1.23. The van der Waals surface area contributed by atoms with Gasteiger partial charge in [-0.2, -0.15) is 5.26 Å². The molecule has 0 aliphatic carbocycles. The standard InChI is InChI=1S/C10H12NO/c1-7-5-8(6-11)9(12-7)10(2,3)4/h1-4H3. The van der Waals surface area contributed by atoms with Gasteiger partial charge in [-0.05, 0) is 6.92 Å². The van der Waals surface area contributed by atoms with Crippen LogP contribution in [0, 0.1) is 24.3 Å². The first-order valence-electron chi connectivity index (χ1n) is 3.88. The van der Waals surface area contributed by atoms with E-state index < -0.39 is 0 Å². The highest BCUT2D eigenvalue weighted by molar-refractivity contribution is 5.35. The summed E-state index contributed by atoms with van der Waals surface area (Å²) in [4.78, 5) is 0. The number of hydrogen-bond acceptors (Lipinski definition) is 2. The van der Waals surface area contributed by atoms with Crippen LogP contribution < -0.4 is 0 Å². The molecular formula is C10H12NO. The second-order valence-electron chi connectivity index (χ2n) is 3.85. The summed E-state index contributed by atoms with van der Waals surface area (Å²) in [6.07, 6.45) is 0. The molecule has 0 saturated heterocycles. The van der Waals surface area contributed by atoms with Crippen molar-refractivity contribution < 1.29 is 4.42 Å². The smallest absolute Gasteiger partial charge is 0.127 e. The number of nitrogens with zero attached hydrogens (tertiary/aromatic N) is 1. The molecule has 1 aromatic heterocycles. The molecule has 0 N–H and O–H groups in total. The van der Waals surface area contributed by atoms with Crippen molar-refractivity contribution in [1.82, 2.24) is 0 Å². The summed E-state index contributed by atoms with van der Waals surface area (Å²) in [6, 6.07) is 4.95. The van der Waals surface area contributed by atoms with E-state index >= 15 is 0 Å². The highest BCUT2D eigenvalue weighted by Crippen LogP contribution is 2.27. The number of rotatable bonds is 0. The van der Waals surface area contributed by atoms with Crippen LogP contribution in [-0.4, -0.2) is 0 Å². The summed E-state index contributed by atoms with van der Waals surface area (Å²) in [5.41, 5.74) is 0.413. The summed E-state index contributed by atoms with van der Waals surface area (Å²) < 4.78 is 5.39. The Balaban J connectivity index is 3.25. The molecule has 12 heavy (non-hydrogen) atoms. The number of furan rings is 1. The van der Waals surface area contributed by atoms with Crippen molar-refractivity contribution in [2.45, 2.75) is 33.1 Å². The lowest BCUT2D eigenvalue weighted by Crippen LogP contribution is -2.11. The highest BCUT2D eigenvalue weighted by Gasteiger charge is 2.22. The molecule has 1 rings (SSSR count). The fraction of sp³-hybridized carbons (Fsp3) is 0.500. The van der Waals surface area contributed by atoms with Crippen LogP contribution in [0.15, 0.2) is 4.42 Å². The van der Waals surface area contributed by atoms with Crippen LogP contribution in [0.1, 0.15) is 37.9 Å². The van der Waals surface area contributed by atoms with Crippen molar-refractivity contribution in [3.63, 3.8) is 0 Å². The van der Waals surface area contributed by atoms with Gasteiger partial charge < -0.3 is 4.42 Å². The SMILES string of the molecule is Cc1[c]c(C#N)c(C(C)(C)C)o1. The molecule has 0 aliphatic rings. The third-order valence-corrected chi connectivity index (χ3v) is 1.58. The molecule has 63 valence electrons. The van der Waals surface area contributed by atoms with Crippen molar-refractivity contribution in [2.24, 2.45) is 0 Å². The van der Waals surface area contributed by atoms with Gasteiger partial charge in [-0.1, -0.05) is 20.8 Å². The first kappa shape index (κ1) is 8.86. The van der Waals surface area contributed by atoms with Crippen LogP contribution in [0.3, 0.4) is 0 Å². The maximum atomic E-state index is 8.75. The third-order valence-electron chi connectivity index (χ3n) is 1.58. The van der Waals surface area contributed by atoms with Gasteiger partial charge in [0.05, 0.1) is 0 Å². The fourth-order valence-corrected chi connectivity index (χ4v) is 1.07. The predicted octanol–water partition coefficient (Wildman–Crippen LogP) is 2.56. The van der Waals surface area contributed by atoms with Gasteiger partial charge in [0.1, 0.15) is 23.2 Å². The molecular weight excluding hydrogens is 150 g/mol. The highest BCUT2D eigenvalue weighted by atomic mass is 16.3. The van der Waals surface area contributed by atoms with E-state index in [2.05, 4.69) is 12.1 Å². The van der Waals surface area contributed by atoms with Gasteiger partial charge in [-0.25, -0.2) is 0 Å². The van der Waals surface area contributed by atoms with E-state index in [9.17, 15) is 0 Å². The molecule has 1 radical (unpaired) electrons. The zero-order chi connectivity index (χ0) is 9.35. The molecule has 0 bridgehead atoms. The molecule has 0 spiro atoms. The van der Waals surface area contributed by atoms with Gasteiger partial charge in [0, 0.05) is 11.5 Å². The summed E-state index contributed by atoms with van der Waals surface area (Å²) in [6.45, 7) is 7.84. The van der Waals surface area contributed by atoms with Gasteiger partial charge in [-0.3, -0.25) is 0 Å². The van der Waals surface area contributed by atoms with Crippen LogP contribution in [0.4, 0.5) is 0 Å². The first-order valence-corrected chi connectivity index (χ1v) is 3.88. The minimum absolute atomic E-state index is 0.115. The van der Waals surface area contributed by atoms with E-state index in [4.69, 9.17) is 9.68 Å². The first-order chi connectivity index (χ1) is 5.45. The topological polar surface area (TPSA) is 36.9 Å². The summed E-state index contributed by atoms with van der Waals surface area (Å²) >= 11 is 0. The largest absolute Gasteiger partial charge is 0.464 e. The molecule has 2 heteroatoms. The van der Waals surface area contributed by atoms with E-state index in [1.54, 1.807) is 6.92 Å². The molecule has 0 amide bonds. The molecule has 2 nitrogen and oxygen atoms in total. The van der Waals surface area contributed by atoms with Crippen LogP contribution in [0.5, 0.6) is 0 Å². The van der Waals surface area contributed by atoms with E-state index in [1.807, 2.05) is 20.8 Å². The normalized spacial score (nSPS) is 11.2. The lowest BCUT2D eigenvalue weighted by atomic mass is 9.91. The number of nitriles is 1. The Labute approximate surface area is 72.8 Å². The fourth-order valence-electron chi connectivity index (χ4n) is 1.07. The van der Waals surface area contributed by atoms with E-state index in [0.29, 0.717) is 11.3 Å². The van der Waals surface area contributed by atoms with Crippen molar-refractivity contribution >= 4 is 0 Å². The zero-order valence-corrected chi connectivity index (χ0v) is 7.86. The molecule has 0 aromatic carbocycles. The average molecular weight is 162 g/mol. The summed E-state index contributed by atoms with van der Waals surface area (Å²) in [5.74, 6) is 1.40. The van der Waals surface area contributed by atoms with Crippen molar-refractivity contribution in [1.29, 1.82) is 5.26 Å². The van der Waals surface area contributed by atoms with Crippen molar-refractivity contribution in [3.8, 4) is 6.07 Å². The maximum Gasteiger partial charge on any atom is 0.127 e. The quantitative estimate of drug-likeness (QED) is 0.587. The molecule has 0 aliphatic heterocycles.